The van der Waals surface area contributed by atoms with E-state index in [1.807, 2.05) is 5.38 Å². The summed E-state index contributed by atoms with van der Waals surface area (Å²) in [4.78, 5) is 29.3. The maximum Gasteiger partial charge on any atom is 0.326 e. The number of rotatable bonds is 8. The molecule has 1 aromatic rings. The molecule has 1 heterocycles. The van der Waals surface area contributed by atoms with Crippen LogP contribution in [-0.2, 0) is 11.3 Å². The largest absolute Gasteiger partial charge is 0.480 e. The van der Waals surface area contributed by atoms with E-state index in [1.54, 1.807) is 44.0 Å². The number of thioether (sulfide) groups is 1. The lowest BCUT2D eigenvalue weighted by molar-refractivity contribution is -0.140. The number of urea groups is 1. The molecule has 2 atom stereocenters. The summed E-state index contributed by atoms with van der Waals surface area (Å²) in [5.41, 5.74) is 0.826. The number of carbonyl (C=O) groups is 2. The van der Waals surface area contributed by atoms with Gasteiger partial charge in [-0.05, 0) is 12.2 Å². The second-order valence-electron chi connectivity index (χ2n) is 5.90. The van der Waals surface area contributed by atoms with Gasteiger partial charge in [0.1, 0.15) is 6.04 Å². The zero-order chi connectivity index (χ0) is 17.6. The first-order valence-electron chi connectivity index (χ1n) is 7.43. The van der Waals surface area contributed by atoms with Crippen molar-refractivity contribution in [2.45, 2.75) is 39.3 Å². The number of amides is 2. The topological polar surface area (TPSA) is 82.5 Å². The van der Waals surface area contributed by atoms with Crippen molar-refractivity contribution < 1.29 is 14.7 Å². The van der Waals surface area contributed by atoms with Crippen molar-refractivity contribution in [2.24, 2.45) is 5.92 Å². The van der Waals surface area contributed by atoms with E-state index in [0.717, 1.165) is 16.5 Å². The molecule has 1 aromatic heterocycles. The molecule has 0 spiro atoms. The third-order valence-corrected chi connectivity index (χ3v) is 5.32. The van der Waals surface area contributed by atoms with Gasteiger partial charge < -0.3 is 15.3 Å². The minimum atomic E-state index is -1.02. The van der Waals surface area contributed by atoms with Gasteiger partial charge in [-0.3, -0.25) is 0 Å². The maximum atomic E-state index is 12.1. The van der Waals surface area contributed by atoms with Crippen LogP contribution in [0.2, 0.25) is 0 Å². The number of nitrogens with zero attached hydrogens (tertiary/aromatic N) is 2. The van der Waals surface area contributed by atoms with Gasteiger partial charge in [0.25, 0.3) is 0 Å². The number of carbonyl (C=O) groups excluding carboxylic acids is 1. The molecule has 6 nitrogen and oxygen atoms in total. The highest BCUT2D eigenvalue weighted by atomic mass is 32.2. The number of thiazole rings is 1. The Morgan fingerprint density at radius 3 is 2.61 bits per heavy atom. The van der Waals surface area contributed by atoms with Crippen LogP contribution in [-0.4, -0.2) is 52.1 Å². The van der Waals surface area contributed by atoms with Crippen LogP contribution >= 0.6 is 23.1 Å². The first-order chi connectivity index (χ1) is 10.8. The number of hydrogen-bond donors (Lipinski definition) is 2. The summed E-state index contributed by atoms with van der Waals surface area (Å²) in [6.45, 7) is 6.02. The molecule has 0 saturated heterocycles. The summed E-state index contributed by atoms with van der Waals surface area (Å²) >= 11 is 3.38. The number of aliphatic carboxylic acids is 1. The minimum absolute atomic E-state index is 0.178. The molecule has 0 aromatic carbocycles. The molecule has 0 saturated carbocycles. The number of hydrogen-bond acceptors (Lipinski definition) is 5. The first kappa shape index (κ1) is 19.8. The van der Waals surface area contributed by atoms with Crippen LogP contribution in [0.5, 0.6) is 0 Å². The van der Waals surface area contributed by atoms with Crippen molar-refractivity contribution in [1.29, 1.82) is 0 Å². The van der Waals surface area contributed by atoms with Gasteiger partial charge in [-0.25, -0.2) is 14.6 Å². The van der Waals surface area contributed by atoms with Crippen LogP contribution < -0.4 is 5.32 Å². The molecule has 0 aliphatic heterocycles. The summed E-state index contributed by atoms with van der Waals surface area (Å²) in [6, 6.07) is -1.30. The smallest absolute Gasteiger partial charge is 0.326 e. The number of aromatic nitrogens is 1. The first-order valence-corrected chi connectivity index (χ1v) is 9.71. The van der Waals surface area contributed by atoms with Crippen molar-refractivity contribution in [3.8, 4) is 0 Å². The van der Waals surface area contributed by atoms with Crippen molar-refractivity contribution in [2.75, 3.05) is 19.1 Å². The van der Waals surface area contributed by atoms with Crippen LogP contribution in [0.15, 0.2) is 5.38 Å². The zero-order valence-corrected chi connectivity index (χ0v) is 15.8. The van der Waals surface area contributed by atoms with Gasteiger partial charge in [-0.1, -0.05) is 20.8 Å². The molecular formula is C15H25N3O3S2. The van der Waals surface area contributed by atoms with E-state index in [4.69, 9.17) is 5.11 Å². The number of carboxylic acids is 1. The van der Waals surface area contributed by atoms with Crippen LogP contribution in [0.25, 0.3) is 0 Å². The molecule has 0 aliphatic carbocycles. The Labute approximate surface area is 145 Å². The average Bonchev–Trinajstić information content (AvgIpc) is 2.92. The molecular weight excluding hydrogens is 334 g/mol. The average molecular weight is 360 g/mol. The third kappa shape index (κ3) is 6.02. The predicted octanol–water partition coefficient (Wildman–Crippen LogP) is 2.86. The zero-order valence-electron chi connectivity index (χ0n) is 14.2. The molecule has 0 radical (unpaired) electrons. The highest BCUT2D eigenvalue weighted by Gasteiger charge is 2.25. The molecule has 8 heteroatoms. The molecule has 1 unspecified atom stereocenters. The predicted molar refractivity (Wildman–Crippen MR) is 95.2 cm³/mol. The van der Waals surface area contributed by atoms with E-state index < -0.39 is 18.0 Å². The molecule has 130 valence electrons. The fourth-order valence-corrected chi connectivity index (χ4v) is 3.65. The van der Waals surface area contributed by atoms with E-state index in [1.165, 1.54) is 4.90 Å². The van der Waals surface area contributed by atoms with Gasteiger partial charge in [0.15, 0.2) is 0 Å². The highest BCUT2D eigenvalue weighted by molar-refractivity contribution is 7.98. The maximum absolute atomic E-state index is 12.1. The Bertz CT molecular complexity index is 534. The molecule has 2 N–H and O–H groups in total. The summed E-state index contributed by atoms with van der Waals surface area (Å²) in [5, 5.41) is 14.7. The Kier molecular flexibility index (Phi) is 7.84. The lowest BCUT2D eigenvalue weighted by Crippen LogP contribution is -2.48. The fourth-order valence-electron chi connectivity index (χ4n) is 2.01. The second-order valence-corrected chi connectivity index (χ2v) is 7.70. The van der Waals surface area contributed by atoms with Gasteiger partial charge in [-0.15, -0.1) is 11.3 Å². The van der Waals surface area contributed by atoms with Gasteiger partial charge >= 0.3 is 12.0 Å². The monoisotopic (exact) mass is 359 g/mol. The van der Waals surface area contributed by atoms with Crippen molar-refractivity contribution in [3.05, 3.63) is 16.1 Å². The lowest BCUT2D eigenvalue weighted by Gasteiger charge is -2.22. The van der Waals surface area contributed by atoms with E-state index >= 15 is 0 Å². The van der Waals surface area contributed by atoms with Crippen molar-refractivity contribution in [3.63, 3.8) is 0 Å². The van der Waals surface area contributed by atoms with E-state index in [-0.39, 0.29) is 5.92 Å². The summed E-state index contributed by atoms with van der Waals surface area (Å²) in [6.07, 6.45) is 2.07. The van der Waals surface area contributed by atoms with Crippen LogP contribution in [0.3, 0.4) is 0 Å². The molecule has 23 heavy (non-hydrogen) atoms. The van der Waals surface area contributed by atoms with Crippen LogP contribution in [0.1, 0.15) is 37.4 Å². The second kappa shape index (κ2) is 9.12. The molecule has 2 amide bonds. The SMILES string of the molecule is CSCC(C)c1nc(CN(C)C(=O)N[C@H](C(=O)O)C(C)C)cs1. The quantitative estimate of drug-likeness (QED) is 0.746. The normalized spacial score (nSPS) is 13.7. The summed E-state index contributed by atoms with van der Waals surface area (Å²) in [5.74, 6) is 0.199. The van der Waals surface area contributed by atoms with Gasteiger partial charge in [-0.2, -0.15) is 11.8 Å². The van der Waals surface area contributed by atoms with Crippen molar-refractivity contribution >= 4 is 35.1 Å². The molecule has 0 fully saturated rings. The van der Waals surface area contributed by atoms with Crippen LogP contribution in [0, 0.1) is 5.92 Å². The Hall–Kier alpha value is -1.28. The lowest BCUT2D eigenvalue weighted by atomic mass is 10.1. The Balaban J connectivity index is 2.63. The van der Waals surface area contributed by atoms with Gasteiger partial charge in [0, 0.05) is 24.1 Å². The van der Waals surface area contributed by atoms with E-state index in [9.17, 15) is 9.59 Å². The Morgan fingerprint density at radius 2 is 2.09 bits per heavy atom. The van der Waals surface area contributed by atoms with E-state index in [0.29, 0.717) is 12.5 Å². The Morgan fingerprint density at radius 1 is 1.43 bits per heavy atom. The molecule has 0 bridgehead atoms. The van der Waals surface area contributed by atoms with E-state index in [2.05, 4.69) is 23.5 Å². The van der Waals surface area contributed by atoms with Gasteiger partial charge in [0.2, 0.25) is 0 Å². The molecule has 0 aliphatic rings. The minimum Gasteiger partial charge on any atom is -0.480 e. The summed E-state index contributed by atoms with van der Waals surface area (Å²) < 4.78 is 0. The standard InChI is InChI=1S/C15H25N3O3S2/c1-9(2)12(14(19)20)17-15(21)18(4)6-11-8-23-13(16-11)10(3)7-22-5/h8-10,12H,6-7H2,1-5H3,(H,17,21)(H,19,20)/t10?,12-/m0/s1. The summed E-state index contributed by atoms with van der Waals surface area (Å²) in [7, 11) is 1.64. The number of nitrogens with one attached hydrogen (secondary N) is 1. The third-order valence-electron chi connectivity index (χ3n) is 3.37. The van der Waals surface area contributed by atoms with Crippen LogP contribution in [0.4, 0.5) is 4.79 Å². The number of carboxylic acid groups (broad SMARTS) is 1. The fraction of sp³-hybridized carbons (Fsp3) is 0.667. The van der Waals surface area contributed by atoms with Gasteiger partial charge in [0.05, 0.1) is 17.2 Å². The molecule has 1 rings (SSSR count). The van der Waals surface area contributed by atoms with Crippen molar-refractivity contribution in [1.82, 2.24) is 15.2 Å². The highest BCUT2D eigenvalue weighted by Crippen LogP contribution is 2.23.